The lowest BCUT2D eigenvalue weighted by molar-refractivity contribution is -0.119. The number of nitrogens with zero attached hydrogens (tertiary/aromatic N) is 2. The second-order valence-corrected chi connectivity index (χ2v) is 6.42. The Morgan fingerprint density at radius 2 is 2.04 bits per heavy atom. The van der Waals surface area contributed by atoms with E-state index in [-0.39, 0.29) is 10.7 Å². The quantitative estimate of drug-likeness (QED) is 0.499. The van der Waals surface area contributed by atoms with Gasteiger partial charge in [0.2, 0.25) is 0 Å². The van der Waals surface area contributed by atoms with Gasteiger partial charge in [0.25, 0.3) is 5.91 Å². The third kappa shape index (κ3) is 4.60. The first-order valence-electron chi connectivity index (χ1n) is 7.75. The molecule has 1 aromatic carbocycles. The zero-order chi connectivity index (χ0) is 19.2. The molecule has 0 saturated carbocycles. The highest BCUT2D eigenvalue weighted by molar-refractivity contribution is 7.14. The summed E-state index contributed by atoms with van der Waals surface area (Å²) in [6, 6.07) is 10.5. The van der Waals surface area contributed by atoms with E-state index in [4.69, 9.17) is 21.1 Å². The van der Waals surface area contributed by atoms with Crippen LogP contribution in [0.4, 0.5) is 5.13 Å². The molecule has 2 heterocycles. The smallest absolute Gasteiger partial charge is 0.341 e. The monoisotopic (exact) mass is 403 g/mol. The number of para-hydroxylation sites is 1. The van der Waals surface area contributed by atoms with E-state index in [1.54, 1.807) is 18.6 Å². The maximum atomic E-state index is 12.0. The minimum atomic E-state index is -0.725. The molecule has 9 heteroatoms. The molecule has 1 N–H and O–H groups in total. The number of methoxy groups -OCH3 is 1. The Bertz CT molecular complexity index is 977. The van der Waals surface area contributed by atoms with Crippen LogP contribution in [-0.4, -0.2) is 35.6 Å². The molecule has 138 valence electrons. The fraction of sp³-hybridized carbons (Fsp3) is 0.111. The van der Waals surface area contributed by atoms with Crippen molar-refractivity contribution in [1.82, 2.24) is 9.97 Å². The molecule has 0 atom stereocenters. The zero-order valence-corrected chi connectivity index (χ0v) is 15.7. The first-order chi connectivity index (χ1) is 13.1. The Kier molecular flexibility index (Phi) is 6.00. The van der Waals surface area contributed by atoms with Gasteiger partial charge in [-0.15, -0.1) is 11.3 Å². The van der Waals surface area contributed by atoms with Gasteiger partial charge in [0.05, 0.1) is 18.4 Å². The van der Waals surface area contributed by atoms with Crippen LogP contribution in [0, 0.1) is 0 Å². The Balaban J connectivity index is 1.60. The summed E-state index contributed by atoms with van der Waals surface area (Å²) in [5.74, 6) is -0.552. The number of carbonyl (C=O) groups is 2. The van der Waals surface area contributed by atoms with Gasteiger partial charge in [0, 0.05) is 17.1 Å². The van der Waals surface area contributed by atoms with E-state index in [2.05, 4.69) is 15.3 Å². The van der Waals surface area contributed by atoms with E-state index in [1.807, 2.05) is 24.3 Å². The van der Waals surface area contributed by atoms with Gasteiger partial charge in [-0.1, -0.05) is 23.7 Å². The summed E-state index contributed by atoms with van der Waals surface area (Å²) in [6.07, 6.45) is 1.45. The van der Waals surface area contributed by atoms with Gasteiger partial charge in [-0.2, -0.15) is 0 Å². The van der Waals surface area contributed by atoms with Crippen LogP contribution in [0.5, 0.6) is 5.75 Å². The first-order valence-corrected chi connectivity index (χ1v) is 9.00. The molecule has 0 aliphatic carbocycles. The van der Waals surface area contributed by atoms with E-state index in [0.29, 0.717) is 16.6 Å². The average molecular weight is 404 g/mol. The molecule has 7 nitrogen and oxygen atoms in total. The topological polar surface area (TPSA) is 90.4 Å². The van der Waals surface area contributed by atoms with Crippen molar-refractivity contribution in [2.24, 2.45) is 0 Å². The maximum absolute atomic E-state index is 12.0. The molecular weight excluding hydrogens is 390 g/mol. The van der Waals surface area contributed by atoms with Crippen molar-refractivity contribution in [2.75, 3.05) is 19.0 Å². The van der Waals surface area contributed by atoms with Gasteiger partial charge >= 0.3 is 5.97 Å². The SMILES string of the molecule is COc1ccccc1-c1csc(NC(=O)COC(=O)c2cccnc2Cl)n1. The van der Waals surface area contributed by atoms with Gasteiger partial charge in [-0.25, -0.2) is 14.8 Å². The molecular formula is C18H14ClN3O4S. The Labute approximate surface area is 163 Å². The van der Waals surface area contributed by atoms with Gasteiger partial charge in [0.15, 0.2) is 11.7 Å². The normalized spacial score (nSPS) is 10.3. The van der Waals surface area contributed by atoms with Gasteiger partial charge in [-0.05, 0) is 24.3 Å². The number of halogens is 1. The average Bonchev–Trinajstić information content (AvgIpc) is 3.14. The molecule has 0 spiro atoms. The second kappa shape index (κ2) is 8.61. The number of carbonyl (C=O) groups excluding carboxylic acids is 2. The maximum Gasteiger partial charge on any atom is 0.341 e. The highest BCUT2D eigenvalue weighted by Gasteiger charge is 2.15. The van der Waals surface area contributed by atoms with Crippen LogP contribution in [0.15, 0.2) is 48.0 Å². The number of hydrogen-bond donors (Lipinski definition) is 1. The predicted molar refractivity (Wildman–Crippen MR) is 102 cm³/mol. The number of benzene rings is 1. The molecule has 2 aromatic heterocycles. The molecule has 0 fully saturated rings. The third-order valence-electron chi connectivity index (χ3n) is 3.45. The molecule has 0 saturated heterocycles. The molecule has 0 unspecified atom stereocenters. The number of aromatic nitrogens is 2. The second-order valence-electron chi connectivity index (χ2n) is 5.20. The number of anilines is 1. The van der Waals surface area contributed by atoms with Crippen molar-refractivity contribution >= 4 is 39.9 Å². The predicted octanol–water partition coefficient (Wildman–Crippen LogP) is 3.66. The highest BCUT2D eigenvalue weighted by atomic mass is 35.5. The summed E-state index contributed by atoms with van der Waals surface area (Å²) in [7, 11) is 1.58. The molecule has 0 aliphatic heterocycles. The summed E-state index contributed by atoms with van der Waals surface area (Å²) in [4.78, 5) is 32.1. The molecule has 1 amide bonds. The lowest BCUT2D eigenvalue weighted by atomic mass is 10.1. The molecule has 0 radical (unpaired) electrons. The van der Waals surface area contributed by atoms with E-state index >= 15 is 0 Å². The molecule has 27 heavy (non-hydrogen) atoms. The largest absolute Gasteiger partial charge is 0.496 e. The van der Waals surface area contributed by atoms with Gasteiger partial charge in [0.1, 0.15) is 10.9 Å². The minimum Gasteiger partial charge on any atom is -0.496 e. The van der Waals surface area contributed by atoms with Crippen LogP contribution in [-0.2, 0) is 9.53 Å². The van der Waals surface area contributed by atoms with E-state index in [0.717, 1.165) is 5.56 Å². The van der Waals surface area contributed by atoms with Crippen molar-refractivity contribution < 1.29 is 19.1 Å². The number of amides is 1. The number of rotatable bonds is 6. The van der Waals surface area contributed by atoms with Crippen LogP contribution in [0.2, 0.25) is 5.15 Å². The Morgan fingerprint density at radius 1 is 1.22 bits per heavy atom. The summed E-state index contributed by atoms with van der Waals surface area (Å²) in [5.41, 5.74) is 1.58. The number of pyridine rings is 1. The number of thiazole rings is 1. The minimum absolute atomic E-state index is 0.0179. The molecule has 0 bridgehead atoms. The number of hydrogen-bond acceptors (Lipinski definition) is 7. The first kappa shape index (κ1) is 18.8. The van der Waals surface area contributed by atoms with E-state index in [1.165, 1.54) is 23.6 Å². The van der Waals surface area contributed by atoms with Crippen molar-refractivity contribution in [3.8, 4) is 17.0 Å². The summed E-state index contributed by atoms with van der Waals surface area (Å²) in [5, 5.41) is 4.80. The lowest BCUT2D eigenvalue weighted by Gasteiger charge is -2.06. The van der Waals surface area contributed by atoms with Crippen molar-refractivity contribution in [1.29, 1.82) is 0 Å². The fourth-order valence-corrected chi connectivity index (χ4v) is 3.14. The summed E-state index contributed by atoms with van der Waals surface area (Å²) in [6.45, 7) is -0.465. The number of ether oxygens (including phenoxy) is 2. The number of nitrogens with one attached hydrogen (secondary N) is 1. The molecule has 3 rings (SSSR count). The van der Waals surface area contributed by atoms with Gasteiger partial charge < -0.3 is 9.47 Å². The summed E-state index contributed by atoms with van der Waals surface area (Å²) >= 11 is 7.07. The molecule has 0 aliphatic rings. The highest BCUT2D eigenvalue weighted by Crippen LogP contribution is 2.31. The van der Waals surface area contributed by atoms with E-state index < -0.39 is 18.5 Å². The van der Waals surface area contributed by atoms with Crippen LogP contribution in [0.1, 0.15) is 10.4 Å². The van der Waals surface area contributed by atoms with Gasteiger partial charge in [-0.3, -0.25) is 10.1 Å². The van der Waals surface area contributed by atoms with Crippen molar-refractivity contribution in [3.63, 3.8) is 0 Å². The van der Waals surface area contributed by atoms with Crippen molar-refractivity contribution in [3.05, 3.63) is 58.7 Å². The standard InChI is InChI=1S/C18H14ClN3O4S/c1-25-14-7-3-2-5-11(14)13-10-27-18(21-13)22-15(23)9-26-17(24)12-6-4-8-20-16(12)19/h2-8,10H,9H2,1H3,(H,21,22,23). The fourth-order valence-electron chi connectivity index (χ4n) is 2.21. The zero-order valence-electron chi connectivity index (χ0n) is 14.1. The Morgan fingerprint density at radius 3 is 2.81 bits per heavy atom. The van der Waals surface area contributed by atoms with E-state index in [9.17, 15) is 9.59 Å². The Hall–Kier alpha value is -2.97. The van der Waals surface area contributed by atoms with Crippen molar-refractivity contribution in [2.45, 2.75) is 0 Å². The lowest BCUT2D eigenvalue weighted by Crippen LogP contribution is -2.21. The van der Waals surface area contributed by atoms with Crippen LogP contribution in [0.3, 0.4) is 0 Å². The third-order valence-corrected chi connectivity index (χ3v) is 4.51. The number of esters is 1. The van der Waals surface area contributed by atoms with Crippen LogP contribution < -0.4 is 10.1 Å². The van der Waals surface area contributed by atoms with Crippen LogP contribution in [0.25, 0.3) is 11.3 Å². The molecule has 3 aromatic rings. The van der Waals surface area contributed by atoms with Crippen LogP contribution >= 0.6 is 22.9 Å². The summed E-state index contributed by atoms with van der Waals surface area (Å²) < 4.78 is 10.3.